The number of amides is 1. The van der Waals surface area contributed by atoms with Crippen LogP contribution in [0.1, 0.15) is 23.8 Å². The van der Waals surface area contributed by atoms with E-state index in [4.69, 9.17) is 0 Å². The molecule has 2 rings (SSSR count). The van der Waals surface area contributed by atoms with E-state index in [0.29, 0.717) is 5.69 Å². The third-order valence-corrected chi connectivity index (χ3v) is 2.61. The standard InChI is InChI=1S/C13H17N5O/c1-3-6-15-12-9-10(4-7-16-12)18-8-5-11(17-18)13(19)14-2/h4-5,7-9H,3,6H2,1-2H3,(H,14,19)(H,15,16). The van der Waals surface area contributed by atoms with Crippen LogP contribution in [0.15, 0.2) is 30.6 Å². The Morgan fingerprint density at radius 3 is 3.00 bits per heavy atom. The first-order valence-corrected chi connectivity index (χ1v) is 6.22. The minimum Gasteiger partial charge on any atom is -0.370 e. The van der Waals surface area contributed by atoms with Crippen LogP contribution in [0, 0.1) is 0 Å². The number of carbonyl (C=O) groups excluding carboxylic acids is 1. The van der Waals surface area contributed by atoms with Gasteiger partial charge in [-0.05, 0) is 18.6 Å². The van der Waals surface area contributed by atoms with Crippen LogP contribution in [0.3, 0.4) is 0 Å². The summed E-state index contributed by atoms with van der Waals surface area (Å²) in [5, 5.41) is 9.98. The average molecular weight is 259 g/mol. The van der Waals surface area contributed by atoms with E-state index in [2.05, 4.69) is 27.6 Å². The molecule has 0 aliphatic heterocycles. The quantitative estimate of drug-likeness (QED) is 0.852. The van der Waals surface area contributed by atoms with Gasteiger partial charge in [-0.25, -0.2) is 9.67 Å². The van der Waals surface area contributed by atoms with Crippen LogP contribution in [0.25, 0.3) is 5.69 Å². The van der Waals surface area contributed by atoms with Crippen molar-refractivity contribution in [1.82, 2.24) is 20.1 Å². The first-order chi connectivity index (χ1) is 9.24. The number of pyridine rings is 1. The molecule has 2 aromatic rings. The van der Waals surface area contributed by atoms with Gasteiger partial charge in [-0.1, -0.05) is 6.92 Å². The summed E-state index contributed by atoms with van der Waals surface area (Å²) in [5.74, 6) is 0.605. The van der Waals surface area contributed by atoms with Crippen molar-refractivity contribution < 1.29 is 4.79 Å². The maximum atomic E-state index is 11.5. The smallest absolute Gasteiger partial charge is 0.271 e. The lowest BCUT2D eigenvalue weighted by Gasteiger charge is -2.06. The zero-order valence-electron chi connectivity index (χ0n) is 11.1. The first-order valence-electron chi connectivity index (χ1n) is 6.22. The highest BCUT2D eigenvalue weighted by atomic mass is 16.1. The summed E-state index contributed by atoms with van der Waals surface area (Å²) in [4.78, 5) is 15.7. The van der Waals surface area contributed by atoms with Crippen LogP contribution in [-0.2, 0) is 0 Å². The summed E-state index contributed by atoms with van der Waals surface area (Å²) in [5.41, 5.74) is 1.26. The number of anilines is 1. The normalized spacial score (nSPS) is 10.2. The largest absolute Gasteiger partial charge is 0.370 e. The number of aromatic nitrogens is 3. The number of carbonyl (C=O) groups is 1. The van der Waals surface area contributed by atoms with Crippen molar-refractivity contribution in [2.75, 3.05) is 18.9 Å². The van der Waals surface area contributed by atoms with Crippen LogP contribution in [0.4, 0.5) is 5.82 Å². The highest BCUT2D eigenvalue weighted by molar-refractivity contribution is 5.91. The van der Waals surface area contributed by atoms with Gasteiger partial charge in [-0.3, -0.25) is 4.79 Å². The second kappa shape index (κ2) is 5.99. The average Bonchev–Trinajstić information content (AvgIpc) is 2.94. The lowest BCUT2D eigenvalue weighted by atomic mass is 10.4. The van der Waals surface area contributed by atoms with E-state index in [1.807, 2.05) is 12.1 Å². The fourth-order valence-electron chi connectivity index (χ4n) is 1.63. The predicted octanol–water partition coefficient (Wildman–Crippen LogP) is 1.45. The first kappa shape index (κ1) is 13.1. The minimum atomic E-state index is -0.197. The highest BCUT2D eigenvalue weighted by Gasteiger charge is 2.08. The van der Waals surface area contributed by atoms with Crippen LogP contribution >= 0.6 is 0 Å². The van der Waals surface area contributed by atoms with Crippen molar-refractivity contribution >= 4 is 11.7 Å². The predicted molar refractivity (Wildman–Crippen MR) is 73.5 cm³/mol. The van der Waals surface area contributed by atoms with E-state index in [9.17, 15) is 4.79 Å². The Labute approximate surface area is 111 Å². The SMILES string of the molecule is CCCNc1cc(-n2ccc(C(=O)NC)n2)ccn1. The van der Waals surface area contributed by atoms with Crippen molar-refractivity contribution in [3.8, 4) is 5.69 Å². The Morgan fingerprint density at radius 1 is 1.42 bits per heavy atom. The van der Waals surface area contributed by atoms with Gasteiger partial charge in [0.05, 0.1) is 5.69 Å². The number of nitrogens with zero attached hydrogens (tertiary/aromatic N) is 3. The number of rotatable bonds is 5. The van der Waals surface area contributed by atoms with E-state index in [-0.39, 0.29) is 5.91 Å². The zero-order valence-corrected chi connectivity index (χ0v) is 11.1. The molecule has 6 nitrogen and oxygen atoms in total. The molecular formula is C13H17N5O. The Morgan fingerprint density at radius 2 is 2.26 bits per heavy atom. The molecule has 19 heavy (non-hydrogen) atoms. The number of nitrogens with one attached hydrogen (secondary N) is 2. The van der Waals surface area contributed by atoms with Crippen LogP contribution < -0.4 is 10.6 Å². The van der Waals surface area contributed by atoms with E-state index >= 15 is 0 Å². The van der Waals surface area contributed by atoms with Crippen molar-refractivity contribution in [1.29, 1.82) is 0 Å². The zero-order chi connectivity index (χ0) is 13.7. The molecule has 0 saturated carbocycles. The van der Waals surface area contributed by atoms with Crippen LogP contribution in [-0.4, -0.2) is 34.3 Å². The van der Waals surface area contributed by atoms with E-state index in [1.165, 1.54) is 0 Å². The highest BCUT2D eigenvalue weighted by Crippen LogP contribution is 2.11. The molecule has 2 heterocycles. The Bertz CT molecular complexity index is 564. The van der Waals surface area contributed by atoms with Gasteiger partial charge in [-0.15, -0.1) is 0 Å². The number of hydrogen-bond donors (Lipinski definition) is 2. The molecule has 2 aromatic heterocycles. The van der Waals surface area contributed by atoms with Gasteiger partial charge < -0.3 is 10.6 Å². The van der Waals surface area contributed by atoms with Gasteiger partial charge in [-0.2, -0.15) is 5.10 Å². The van der Waals surface area contributed by atoms with Crippen LogP contribution in [0.5, 0.6) is 0 Å². The summed E-state index contributed by atoms with van der Waals surface area (Å²) in [6.07, 6.45) is 4.51. The second-order valence-corrected chi connectivity index (χ2v) is 4.05. The monoisotopic (exact) mass is 259 g/mol. The molecule has 0 fully saturated rings. The molecule has 0 saturated heterocycles. The van der Waals surface area contributed by atoms with E-state index < -0.39 is 0 Å². The molecule has 0 aliphatic rings. The molecule has 0 unspecified atom stereocenters. The lowest BCUT2D eigenvalue weighted by molar-refractivity contribution is 0.0958. The molecule has 0 bridgehead atoms. The summed E-state index contributed by atoms with van der Waals surface area (Å²) in [6.45, 7) is 2.97. The van der Waals surface area contributed by atoms with E-state index in [0.717, 1.165) is 24.5 Å². The molecule has 100 valence electrons. The van der Waals surface area contributed by atoms with Crippen molar-refractivity contribution in [2.24, 2.45) is 0 Å². The third kappa shape index (κ3) is 3.09. The van der Waals surface area contributed by atoms with Gasteiger partial charge in [0.15, 0.2) is 5.69 Å². The third-order valence-electron chi connectivity index (χ3n) is 2.61. The fraction of sp³-hybridized carbons (Fsp3) is 0.308. The van der Waals surface area contributed by atoms with Gasteiger partial charge in [0.25, 0.3) is 5.91 Å². The summed E-state index contributed by atoms with van der Waals surface area (Å²) in [7, 11) is 1.58. The minimum absolute atomic E-state index is 0.197. The molecule has 1 amide bonds. The van der Waals surface area contributed by atoms with Crippen molar-refractivity contribution in [3.63, 3.8) is 0 Å². The van der Waals surface area contributed by atoms with Crippen molar-refractivity contribution in [2.45, 2.75) is 13.3 Å². The Hall–Kier alpha value is -2.37. The molecule has 0 spiro atoms. The summed E-state index contributed by atoms with van der Waals surface area (Å²) >= 11 is 0. The molecule has 0 aromatic carbocycles. The summed E-state index contributed by atoms with van der Waals surface area (Å²) < 4.78 is 1.66. The van der Waals surface area contributed by atoms with Gasteiger partial charge in [0.2, 0.25) is 0 Å². The van der Waals surface area contributed by atoms with Gasteiger partial charge in [0, 0.05) is 32.1 Å². The number of hydrogen-bond acceptors (Lipinski definition) is 4. The summed E-state index contributed by atoms with van der Waals surface area (Å²) in [6, 6.07) is 5.42. The Kier molecular flexibility index (Phi) is 4.12. The topological polar surface area (TPSA) is 71.8 Å². The maximum absolute atomic E-state index is 11.5. The molecule has 6 heteroatoms. The van der Waals surface area contributed by atoms with Crippen molar-refractivity contribution in [3.05, 3.63) is 36.3 Å². The van der Waals surface area contributed by atoms with Crippen LogP contribution in [0.2, 0.25) is 0 Å². The lowest BCUT2D eigenvalue weighted by Crippen LogP contribution is -2.18. The molecule has 0 radical (unpaired) electrons. The fourth-order valence-corrected chi connectivity index (χ4v) is 1.63. The molecular weight excluding hydrogens is 242 g/mol. The molecule has 0 aliphatic carbocycles. The van der Waals surface area contributed by atoms with Gasteiger partial charge >= 0.3 is 0 Å². The molecule has 0 atom stereocenters. The van der Waals surface area contributed by atoms with E-state index in [1.54, 1.807) is 30.2 Å². The molecule has 2 N–H and O–H groups in total. The maximum Gasteiger partial charge on any atom is 0.271 e. The second-order valence-electron chi connectivity index (χ2n) is 4.05. The Balaban J connectivity index is 2.21. The van der Waals surface area contributed by atoms with Gasteiger partial charge in [0.1, 0.15) is 5.82 Å².